The zero-order chi connectivity index (χ0) is 25.9. The van der Waals surface area contributed by atoms with Crippen LogP contribution in [0.3, 0.4) is 0 Å². The molecule has 3 rings (SSSR count). The topological polar surface area (TPSA) is 103 Å². The molecule has 1 unspecified atom stereocenters. The number of halogens is 3. The van der Waals surface area contributed by atoms with Crippen molar-refractivity contribution in [1.82, 2.24) is 10.6 Å². The minimum Gasteiger partial charge on any atom is -0.496 e. The Morgan fingerprint density at radius 3 is 2.57 bits per heavy atom. The number of amides is 1. The van der Waals surface area contributed by atoms with Crippen molar-refractivity contribution in [2.75, 3.05) is 33.4 Å². The molecule has 0 radical (unpaired) electrons. The molecule has 1 aliphatic rings. The third-order valence-electron chi connectivity index (χ3n) is 5.46. The third kappa shape index (κ3) is 6.24. The number of hydrogen-bond donors (Lipinski definition) is 2. The molecule has 1 aliphatic heterocycles. The second-order valence-electron chi connectivity index (χ2n) is 8.47. The Morgan fingerprint density at radius 1 is 1.20 bits per heavy atom. The van der Waals surface area contributed by atoms with Crippen LogP contribution in [0.5, 0.6) is 11.5 Å². The molecule has 0 aromatic heterocycles. The second-order valence-corrected chi connectivity index (χ2v) is 11.1. The SMILES string of the molecule is COc1ccc(OC2COCCN2)cc1C(=O)NCC(C)(C)S(=O)(=O)c1cccc(C(F)(F)F)c1. The molecule has 1 heterocycles. The molecule has 0 aliphatic carbocycles. The molecule has 2 aromatic carbocycles. The average Bonchev–Trinajstić information content (AvgIpc) is 2.82. The van der Waals surface area contributed by atoms with Crippen molar-refractivity contribution < 1.29 is 40.6 Å². The fourth-order valence-electron chi connectivity index (χ4n) is 3.36. The smallest absolute Gasteiger partial charge is 0.416 e. The molecule has 2 aromatic rings. The normalized spacial score (nSPS) is 17.0. The van der Waals surface area contributed by atoms with Crippen molar-refractivity contribution in [3.05, 3.63) is 53.6 Å². The van der Waals surface area contributed by atoms with Gasteiger partial charge in [-0.2, -0.15) is 13.2 Å². The minimum absolute atomic E-state index is 0.106. The van der Waals surface area contributed by atoms with Crippen LogP contribution < -0.4 is 20.1 Å². The predicted molar refractivity (Wildman–Crippen MR) is 121 cm³/mol. The molecule has 1 fully saturated rings. The quantitative estimate of drug-likeness (QED) is 0.556. The van der Waals surface area contributed by atoms with E-state index in [0.29, 0.717) is 31.6 Å². The van der Waals surface area contributed by atoms with E-state index < -0.39 is 43.4 Å². The molecule has 0 bridgehead atoms. The molecule has 0 spiro atoms. The summed E-state index contributed by atoms with van der Waals surface area (Å²) in [6.45, 7) is 3.80. The van der Waals surface area contributed by atoms with Gasteiger partial charge in [0.05, 0.1) is 41.1 Å². The Kier molecular flexibility index (Phi) is 7.97. The van der Waals surface area contributed by atoms with Gasteiger partial charge in [-0.3, -0.25) is 10.1 Å². The van der Waals surface area contributed by atoms with E-state index in [-0.39, 0.29) is 17.9 Å². The van der Waals surface area contributed by atoms with Crippen molar-refractivity contribution in [3.63, 3.8) is 0 Å². The summed E-state index contributed by atoms with van der Waals surface area (Å²) in [5.41, 5.74) is -0.966. The first kappa shape index (κ1) is 26.8. The summed E-state index contributed by atoms with van der Waals surface area (Å²) in [5, 5.41) is 5.67. The lowest BCUT2D eigenvalue weighted by atomic mass is 10.1. The fourth-order valence-corrected chi connectivity index (χ4v) is 4.80. The first-order valence-corrected chi connectivity index (χ1v) is 12.2. The molecule has 0 saturated carbocycles. The van der Waals surface area contributed by atoms with Gasteiger partial charge in [-0.05, 0) is 50.2 Å². The van der Waals surface area contributed by atoms with Crippen LogP contribution in [0.15, 0.2) is 47.4 Å². The van der Waals surface area contributed by atoms with Gasteiger partial charge in [0.2, 0.25) is 0 Å². The molecule has 2 N–H and O–H groups in total. The van der Waals surface area contributed by atoms with Gasteiger partial charge in [-0.25, -0.2) is 8.42 Å². The van der Waals surface area contributed by atoms with Gasteiger partial charge in [0.15, 0.2) is 16.1 Å². The minimum atomic E-state index is -4.69. The maximum atomic E-state index is 13.1. The van der Waals surface area contributed by atoms with Crippen molar-refractivity contribution in [2.24, 2.45) is 0 Å². The Morgan fingerprint density at radius 2 is 1.94 bits per heavy atom. The Balaban J connectivity index is 1.77. The summed E-state index contributed by atoms with van der Waals surface area (Å²) in [6.07, 6.45) is -5.09. The van der Waals surface area contributed by atoms with Crippen molar-refractivity contribution in [1.29, 1.82) is 0 Å². The molecule has 8 nitrogen and oxygen atoms in total. The van der Waals surface area contributed by atoms with Gasteiger partial charge in [0.25, 0.3) is 5.91 Å². The highest BCUT2D eigenvalue weighted by atomic mass is 32.2. The maximum Gasteiger partial charge on any atom is 0.416 e. The highest BCUT2D eigenvalue weighted by Gasteiger charge is 2.38. The number of nitrogens with one attached hydrogen (secondary N) is 2. The van der Waals surface area contributed by atoms with E-state index in [0.717, 1.165) is 18.2 Å². The van der Waals surface area contributed by atoms with Gasteiger partial charge in [-0.1, -0.05) is 6.07 Å². The number of morpholine rings is 1. The maximum absolute atomic E-state index is 13.1. The van der Waals surface area contributed by atoms with Crippen molar-refractivity contribution >= 4 is 15.7 Å². The van der Waals surface area contributed by atoms with E-state index in [2.05, 4.69) is 10.6 Å². The lowest BCUT2D eigenvalue weighted by Crippen LogP contribution is -2.45. The number of methoxy groups -OCH3 is 1. The zero-order valence-corrected chi connectivity index (χ0v) is 20.3. The van der Waals surface area contributed by atoms with Crippen LogP contribution in [-0.2, 0) is 20.8 Å². The molecule has 1 amide bonds. The first-order chi connectivity index (χ1) is 16.3. The van der Waals surface area contributed by atoms with Gasteiger partial charge < -0.3 is 19.5 Å². The van der Waals surface area contributed by atoms with Crippen LogP contribution in [0.2, 0.25) is 0 Å². The highest BCUT2D eigenvalue weighted by molar-refractivity contribution is 7.92. The van der Waals surface area contributed by atoms with Crippen LogP contribution in [0, 0.1) is 0 Å². The van der Waals surface area contributed by atoms with Gasteiger partial charge in [0, 0.05) is 13.1 Å². The van der Waals surface area contributed by atoms with E-state index in [4.69, 9.17) is 14.2 Å². The summed E-state index contributed by atoms with van der Waals surface area (Å²) >= 11 is 0. The van der Waals surface area contributed by atoms with Gasteiger partial charge in [-0.15, -0.1) is 0 Å². The number of carbonyl (C=O) groups is 1. The van der Waals surface area contributed by atoms with Crippen molar-refractivity contribution in [2.45, 2.75) is 35.9 Å². The second kappa shape index (κ2) is 10.4. The lowest BCUT2D eigenvalue weighted by Gasteiger charge is -2.26. The standard InChI is InChI=1S/C23H27F3N2O6S/c1-22(2,35(30,31)17-6-4-5-15(11-17)23(24,25)26)14-28-21(29)18-12-16(7-8-19(18)32-3)34-20-13-33-10-9-27-20/h4-8,11-12,20,27H,9-10,13-14H2,1-3H3,(H,28,29). The molecule has 12 heteroatoms. The van der Waals surface area contributed by atoms with Gasteiger partial charge >= 0.3 is 6.18 Å². The van der Waals surface area contributed by atoms with E-state index in [1.165, 1.54) is 27.0 Å². The molecule has 1 atom stereocenters. The van der Waals surface area contributed by atoms with Crippen LogP contribution in [0.25, 0.3) is 0 Å². The van der Waals surface area contributed by atoms with Gasteiger partial charge in [0.1, 0.15) is 11.5 Å². The van der Waals surface area contributed by atoms with Crippen LogP contribution in [0.1, 0.15) is 29.8 Å². The molecule has 35 heavy (non-hydrogen) atoms. The predicted octanol–water partition coefficient (Wildman–Crippen LogP) is 3.02. The molecule has 1 saturated heterocycles. The van der Waals surface area contributed by atoms with E-state index in [1.807, 2.05) is 0 Å². The summed E-state index contributed by atoms with van der Waals surface area (Å²) in [7, 11) is -2.85. The number of rotatable bonds is 8. The third-order valence-corrected chi connectivity index (χ3v) is 7.93. The Bertz CT molecular complexity index is 1160. The van der Waals surface area contributed by atoms with Crippen LogP contribution >= 0.6 is 0 Å². The number of benzene rings is 2. The Labute approximate surface area is 201 Å². The summed E-state index contributed by atoms with van der Waals surface area (Å²) < 4.78 is 80.1. The zero-order valence-electron chi connectivity index (χ0n) is 19.4. The fraction of sp³-hybridized carbons (Fsp3) is 0.435. The van der Waals surface area contributed by atoms with Crippen LogP contribution in [-0.4, -0.2) is 58.7 Å². The average molecular weight is 517 g/mol. The molecular weight excluding hydrogens is 489 g/mol. The van der Waals surface area contributed by atoms with Crippen molar-refractivity contribution in [3.8, 4) is 11.5 Å². The highest BCUT2D eigenvalue weighted by Crippen LogP contribution is 2.33. The summed E-state index contributed by atoms with van der Waals surface area (Å²) in [4.78, 5) is 12.4. The largest absolute Gasteiger partial charge is 0.496 e. The lowest BCUT2D eigenvalue weighted by molar-refractivity contribution is -0.137. The molecule has 192 valence electrons. The molecular formula is C23H27F3N2O6S. The number of hydrogen-bond acceptors (Lipinski definition) is 7. The van der Waals surface area contributed by atoms with Crippen LogP contribution in [0.4, 0.5) is 13.2 Å². The van der Waals surface area contributed by atoms with E-state index in [1.54, 1.807) is 12.1 Å². The monoisotopic (exact) mass is 516 g/mol. The summed E-state index contributed by atoms with van der Waals surface area (Å²) in [5.74, 6) is -0.0245. The van der Waals surface area contributed by atoms with E-state index >= 15 is 0 Å². The Hall–Kier alpha value is -2.83. The number of ether oxygens (including phenoxy) is 3. The first-order valence-electron chi connectivity index (χ1n) is 10.7. The number of alkyl halides is 3. The van der Waals surface area contributed by atoms with E-state index in [9.17, 15) is 26.4 Å². The number of sulfone groups is 1. The summed E-state index contributed by atoms with van der Waals surface area (Å²) in [6, 6.07) is 8.13. The number of carbonyl (C=O) groups excluding carboxylic acids is 1.